The number of nitrogens with zero attached hydrogens (tertiary/aromatic N) is 1. The van der Waals surface area contributed by atoms with E-state index in [0.717, 1.165) is 29.3 Å². The number of hydrazone groups is 1. The molecule has 2 N–H and O–H groups in total. The Labute approximate surface area is 148 Å². The van der Waals surface area contributed by atoms with Crippen molar-refractivity contribution >= 4 is 11.4 Å². The molecular weight excluding hydrogens is 317 g/mol. The number of quaternary nitrogens is 1. The second kappa shape index (κ2) is 8.12. The lowest BCUT2D eigenvalue weighted by atomic mass is 10.1. The average molecular weight is 342 g/mol. The normalized spacial score (nSPS) is 15.4. The number of methoxy groups -OCH3 is 1. The Morgan fingerprint density at radius 2 is 1.88 bits per heavy atom. The van der Waals surface area contributed by atoms with Gasteiger partial charge < -0.3 is 9.64 Å². The van der Waals surface area contributed by atoms with Crippen LogP contribution in [0.5, 0.6) is 5.75 Å². The van der Waals surface area contributed by atoms with Gasteiger partial charge in [-0.05, 0) is 55.0 Å². The lowest BCUT2D eigenvalue weighted by Crippen LogP contribution is -3.08. The summed E-state index contributed by atoms with van der Waals surface area (Å²) in [5.41, 5.74) is 6.89. The van der Waals surface area contributed by atoms with Gasteiger partial charge in [0, 0.05) is 18.4 Å². The molecule has 1 fully saturated rings. The average Bonchev–Trinajstić information content (AvgIpc) is 3.14. The van der Waals surface area contributed by atoms with E-state index >= 15 is 0 Å². The van der Waals surface area contributed by atoms with Gasteiger partial charge in [0.15, 0.2) is 0 Å². The molecule has 4 nitrogen and oxygen atoms in total. The van der Waals surface area contributed by atoms with Crippen LogP contribution in [0.15, 0.2) is 47.6 Å². The maximum Gasteiger partial charge on any atom is 0.127 e. The van der Waals surface area contributed by atoms with Crippen molar-refractivity contribution in [2.45, 2.75) is 26.3 Å². The van der Waals surface area contributed by atoms with Crippen LogP contribution in [0, 0.1) is 5.82 Å². The van der Waals surface area contributed by atoms with E-state index in [-0.39, 0.29) is 5.82 Å². The Balaban J connectivity index is 1.75. The van der Waals surface area contributed by atoms with Crippen LogP contribution >= 0.6 is 0 Å². The summed E-state index contributed by atoms with van der Waals surface area (Å²) >= 11 is 0. The molecule has 0 saturated carbocycles. The third-order valence-corrected chi connectivity index (χ3v) is 4.65. The van der Waals surface area contributed by atoms with Crippen LogP contribution < -0.4 is 15.1 Å². The zero-order valence-corrected chi connectivity index (χ0v) is 14.8. The zero-order valence-electron chi connectivity index (χ0n) is 14.8. The van der Waals surface area contributed by atoms with E-state index in [1.54, 1.807) is 24.1 Å². The first-order valence-corrected chi connectivity index (χ1v) is 8.72. The molecule has 1 saturated heterocycles. The Morgan fingerprint density at radius 1 is 1.16 bits per heavy atom. The molecule has 132 valence electrons. The van der Waals surface area contributed by atoms with Crippen molar-refractivity contribution in [2.75, 3.05) is 25.6 Å². The van der Waals surface area contributed by atoms with Gasteiger partial charge in [0.05, 0.1) is 31.6 Å². The monoisotopic (exact) mass is 342 g/mol. The van der Waals surface area contributed by atoms with E-state index in [1.807, 2.05) is 19.1 Å². The van der Waals surface area contributed by atoms with Crippen LogP contribution in [0.2, 0.25) is 0 Å². The van der Waals surface area contributed by atoms with Gasteiger partial charge in [-0.2, -0.15) is 5.10 Å². The van der Waals surface area contributed by atoms with Gasteiger partial charge in [-0.1, -0.05) is 0 Å². The highest BCUT2D eigenvalue weighted by molar-refractivity contribution is 5.99. The third kappa shape index (κ3) is 4.57. The maximum atomic E-state index is 13.0. The molecule has 0 amide bonds. The first-order chi connectivity index (χ1) is 12.2. The summed E-state index contributed by atoms with van der Waals surface area (Å²) in [5, 5.41) is 4.42. The summed E-state index contributed by atoms with van der Waals surface area (Å²) in [6, 6.07) is 12.4. The zero-order chi connectivity index (χ0) is 17.6. The summed E-state index contributed by atoms with van der Waals surface area (Å²) in [6.07, 6.45) is 2.61. The second-order valence-electron chi connectivity index (χ2n) is 6.48. The van der Waals surface area contributed by atoms with E-state index in [1.165, 1.54) is 43.6 Å². The number of benzene rings is 2. The highest BCUT2D eigenvalue weighted by atomic mass is 19.1. The minimum absolute atomic E-state index is 0.254. The summed E-state index contributed by atoms with van der Waals surface area (Å²) in [5.74, 6) is 0.679. The first kappa shape index (κ1) is 17.4. The molecule has 0 aliphatic carbocycles. The number of anilines is 1. The standard InChI is InChI=1S/C20H24FN3O/c1-15(22-23-19-8-6-18(21)7-9-19)16-5-10-20(25-2)17(13-16)14-24-11-3-4-12-24/h5-10,13,23H,3-4,11-12,14H2,1-2H3/p+1/b22-15-. The quantitative estimate of drug-likeness (QED) is 0.626. The van der Waals surface area contributed by atoms with Crippen LogP contribution in [-0.2, 0) is 6.54 Å². The number of nitrogens with one attached hydrogen (secondary N) is 2. The molecule has 0 aromatic heterocycles. The number of halogens is 1. The van der Waals surface area contributed by atoms with Crippen molar-refractivity contribution in [3.05, 3.63) is 59.4 Å². The Hall–Kier alpha value is -2.40. The molecule has 2 aromatic rings. The lowest BCUT2D eigenvalue weighted by Gasteiger charge is -2.15. The van der Waals surface area contributed by atoms with Crippen LogP contribution in [0.4, 0.5) is 10.1 Å². The maximum absolute atomic E-state index is 13.0. The fraction of sp³-hybridized carbons (Fsp3) is 0.350. The van der Waals surface area contributed by atoms with E-state index < -0.39 is 0 Å². The van der Waals surface area contributed by atoms with Gasteiger partial charge in [-0.3, -0.25) is 5.43 Å². The predicted octanol–water partition coefficient (Wildman–Crippen LogP) is 2.85. The molecule has 25 heavy (non-hydrogen) atoms. The van der Waals surface area contributed by atoms with Gasteiger partial charge >= 0.3 is 0 Å². The van der Waals surface area contributed by atoms with Crippen molar-refractivity contribution in [1.82, 2.24) is 0 Å². The summed E-state index contributed by atoms with van der Waals surface area (Å²) in [7, 11) is 1.72. The van der Waals surface area contributed by atoms with Crippen LogP contribution in [-0.4, -0.2) is 25.9 Å². The van der Waals surface area contributed by atoms with Crippen molar-refractivity contribution < 1.29 is 14.0 Å². The topological polar surface area (TPSA) is 38.1 Å². The lowest BCUT2D eigenvalue weighted by molar-refractivity contribution is -0.901. The smallest absolute Gasteiger partial charge is 0.127 e. The minimum Gasteiger partial charge on any atom is -0.496 e. The third-order valence-electron chi connectivity index (χ3n) is 4.65. The SMILES string of the molecule is COc1ccc(/C(C)=N\Nc2ccc(F)cc2)cc1C[NH+]1CCCC1. The molecule has 0 atom stereocenters. The number of likely N-dealkylation sites (tertiary alicyclic amines) is 1. The minimum atomic E-state index is -0.254. The van der Waals surface area contributed by atoms with Crippen molar-refractivity contribution in [3.63, 3.8) is 0 Å². The number of ether oxygens (including phenoxy) is 1. The Morgan fingerprint density at radius 3 is 2.56 bits per heavy atom. The highest BCUT2D eigenvalue weighted by Crippen LogP contribution is 2.20. The molecule has 1 heterocycles. The predicted molar refractivity (Wildman–Crippen MR) is 98.9 cm³/mol. The first-order valence-electron chi connectivity index (χ1n) is 8.72. The Bertz CT molecular complexity index is 737. The van der Waals surface area contributed by atoms with Crippen molar-refractivity contribution in [2.24, 2.45) is 5.10 Å². The Kier molecular flexibility index (Phi) is 5.66. The van der Waals surface area contributed by atoms with Crippen molar-refractivity contribution in [1.29, 1.82) is 0 Å². The van der Waals surface area contributed by atoms with Gasteiger partial charge in [-0.15, -0.1) is 0 Å². The molecule has 2 aromatic carbocycles. The fourth-order valence-electron chi connectivity index (χ4n) is 3.20. The van der Waals surface area contributed by atoms with Crippen LogP contribution in [0.3, 0.4) is 0 Å². The van der Waals surface area contributed by atoms with Gasteiger partial charge in [-0.25, -0.2) is 4.39 Å². The van der Waals surface area contributed by atoms with Crippen LogP contribution in [0.25, 0.3) is 0 Å². The molecule has 3 rings (SSSR count). The number of hydrogen-bond acceptors (Lipinski definition) is 3. The molecule has 1 aliphatic heterocycles. The molecule has 1 aliphatic rings. The molecule has 5 heteroatoms. The molecule has 0 radical (unpaired) electrons. The van der Waals surface area contributed by atoms with Gasteiger partial charge in [0.25, 0.3) is 0 Å². The summed E-state index contributed by atoms with van der Waals surface area (Å²) in [6.45, 7) is 5.40. The van der Waals surface area contributed by atoms with E-state index in [4.69, 9.17) is 4.74 Å². The summed E-state index contributed by atoms with van der Waals surface area (Å²) < 4.78 is 18.5. The van der Waals surface area contributed by atoms with E-state index in [0.29, 0.717) is 0 Å². The number of rotatable bonds is 6. The highest BCUT2D eigenvalue weighted by Gasteiger charge is 2.18. The van der Waals surface area contributed by atoms with E-state index in [2.05, 4.69) is 16.6 Å². The van der Waals surface area contributed by atoms with Gasteiger partial charge in [0.2, 0.25) is 0 Å². The molecule has 0 unspecified atom stereocenters. The molecular formula is C20H25FN3O+. The van der Waals surface area contributed by atoms with Crippen LogP contribution in [0.1, 0.15) is 30.9 Å². The molecule has 0 spiro atoms. The second-order valence-corrected chi connectivity index (χ2v) is 6.48. The number of hydrogen-bond donors (Lipinski definition) is 2. The molecule has 0 bridgehead atoms. The van der Waals surface area contributed by atoms with Gasteiger partial charge in [0.1, 0.15) is 18.1 Å². The van der Waals surface area contributed by atoms with E-state index in [9.17, 15) is 4.39 Å². The summed E-state index contributed by atoms with van der Waals surface area (Å²) in [4.78, 5) is 1.61. The largest absolute Gasteiger partial charge is 0.496 e. The fourth-order valence-corrected chi connectivity index (χ4v) is 3.20. The van der Waals surface area contributed by atoms with Crippen molar-refractivity contribution in [3.8, 4) is 5.75 Å².